The predicted molar refractivity (Wildman–Crippen MR) is 74.3 cm³/mol. The third-order valence-electron chi connectivity index (χ3n) is 3.55. The Morgan fingerprint density at radius 2 is 2.26 bits per heavy atom. The van der Waals surface area contributed by atoms with E-state index < -0.39 is 0 Å². The van der Waals surface area contributed by atoms with E-state index in [0.29, 0.717) is 24.2 Å². The number of aryl methyl sites for hydroxylation is 1. The summed E-state index contributed by atoms with van der Waals surface area (Å²) >= 11 is 0. The molecule has 0 unspecified atom stereocenters. The molecular weight excluding hydrogens is 240 g/mol. The summed E-state index contributed by atoms with van der Waals surface area (Å²) in [6, 6.07) is 7.48. The van der Waals surface area contributed by atoms with Gasteiger partial charge in [-0.3, -0.25) is 4.79 Å². The maximum atomic E-state index is 12.6. The Bertz CT molecular complexity index is 631. The van der Waals surface area contributed by atoms with Crippen molar-refractivity contribution >= 4 is 17.3 Å². The van der Waals surface area contributed by atoms with Crippen molar-refractivity contribution in [2.24, 2.45) is 0 Å². The zero-order valence-corrected chi connectivity index (χ0v) is 10.8. The van der Waals surface area contributed by atoms with Gasteiger partial charge >= 0.3 is 0 Å². The lowest BCUT2D eigenvalue weighted by atomic mass is 10.1. The van der Waals surface area contributed by atoms with E-state index in [9.17, 15) is 4.79 Å². The number of furan rings is 1. The van der Waals surface area contributed by atoms with Crippen molar-refractivity contribution in [3.63, 3.8) is 0 Å². The molecule has 0 saturated carbocycles. The summed E-state index contributed by atoms with van der Waals surface area (Å²) in [4.78, 5) is 14.4. The lowest BCUT2D eigenvalue weighted by Crippen LogP contribution is -2.29. The first-order valence-electron chi connectivity index (χ1n) is 6.47. The van der Waals surface area contributed by atoms with E-state index in [0.717, 1.165) is 17.9 Å². The maximum Gasteiger partial charge on any atom is 0.261 e. The summed E-state index contributed by atoms with van der Waals surface area (Å²) < 4.78 is 5.33. The van der Waals surface area contributed by atoms with Gasteiger partial charge in [0, 0.05) is 24.3 Å². The number of carbonyl (C=O) groups is 1. The van der Waals surface area contributed by atoms with Crippen LogP contribution in [-0.4, -0.2) is 12.5 Å². The highest BCUT2D eigenvalue weighted by Gasteiger charge is 2.27. The third kappa shape index (κ3) is 1.89. The first kappa shape index (κ1) is 11.8. The predicted octanol–water partition coefficient (Wildman–Crippen LogP) is 2.63. The Labute approximate surface area is 111 Å². The van der Waals surface area contributed by atoms with Crippen molar-refractivity contribution in [2.45, 2.75) is 19.8 Å². The van der Waals surface area contributed by atoms with Crippen molar-refractivity contribution in [2.75, 3.05) is 17.2 Å². The SMILES string of the molecule is CCc1occc1C(=O)N1CCc2ccc(N)cc21. The summed E-state index contributed by atoms with van der Waals surface area (Å²) in [7, 11) is 0. The topological polar surface area (TPSA) is 59.5 Å². The highest BCUT2D eigenvalue weighted by molar-refractivity contribution is 6.08. The average Bonchev–Trinajstić information content (AvgIpc) is 3.03. The molecule has 0 spiro atoms. The lowest BCUT2D eigenvalue weighted by Gasteiger charge is -2.17. The number of carbonyl (C=O) groups excluding carboxylic acids is 1. The molecule has 0 fully saturated rings. The molecule has 2 N–H and O–H groups in total. The van der Waals surface area contributed by atoms with Crippen LogP contribution >= 0.6 is 0 Å². The molecule has 0 aliphatic carbocycles. The molecule has 0 atom stereocenters. The van der Waals surface area contributed by atoms with E-state index in [1.165, 1.54) is 5.56 Å². The van der Waals surface area contributed by atoms with Crippen molar-refractivity contribution in [3.05, 3.63) is 47.4 Å². The summed E-state index contributed by atoms with van der Waals surface area (Å²) in [6.07, 6.45) is 3.16. The van der Waals surface area contributed by atoms with Gasteiger partial charge in [0.25, 0.3) is 5.91 Å². The fourth-order valence-corrected chi connectivity index (χ4v) is 2.56. The molecule has 1 amide bonds. The molecule has 2 aromatic rings. The minimum atomic E-state index is -0.00468. The van der Waals surface area contributed by atoms with E-state index >= 15 is 0 Å². The monoisotopic (exact) mass is 256 g/mol. The molecule has 1 aromatic carbocycles. The van der Waals surface area contributed by atoms with Crippen LogP contribution in [0, 0.1) is 0 Å². The van der Waals surface area contributed by atoms with Crippen LogP contribution in [0.2, 0.25) is 0 Å². The Hall–Kier alpha value is -2.23. The van der Waals surface area contributed by atoms with E-state index in [1.54, 1.807) is 17.2 Å². The van der Waals surface area contributed by atoms with Crippen molar-refractivity contribution < 1.29 is 9.21 Å². The fourth-order valence-electron chi connectivity index (χ4n) is 2.56. The van der Waals surface area contributed by atoms with E-state index in [1.807, 2.05) is 25.1 Å². The Morgan fingerprint density at radius 1 is 1.42 bits per heavy atom. The van der Waals surface area contributed by atoms with Gasteiger partial charge in [-0.1, -0.05) is 13.0 Å². The molecule has 1 aromatic heterocycles. The molecule has 2 heterocycles. The second-order valence-electron chi connectivity index (χ2n) is 4.71. The molecule has 98 valence electrons. The van der Waals surface area contributed by atoms with Crippen molar-refractivity contribution in [3.8, 4) is 0 Å². The van der Waals surface area contributed by atoms with Crippen LogP contribution in [0.1, 0.15) is 28.6 Å². The molecule has 1 aliphatic heterocycles. The molecule has 0 saturated heterocycles. The van der Waals surface area contributed by atoms with Gasteiger partial charge in [0.05, 0.1) is 11.8 Å². The number of amides is 1. The molecular formula is C15H16N2O2. The van der Waals surface area contributed by atoms with E-state index in [2.05, 4.69) is 0 Å². The minimum absolute atomic E-state index is 0.00468. The quantitative estimate of drug-likeness (QED) is 0.840. The Kier molecular flexibility index (Phi) is 2.78. The van der Waals surface area contributed by atoms with Crippen LogP contribution in [0.5, 0.6) is 0 Å². The van der Waals surface area contributed by atoms with Crippen LogP contribution in [0.25, 0.3) is 0 Å². The Morgan fingerprint density at radius 3 is 3.05 bits per heavy atom. The zero-order chi connectivity index (χ0) is 13.4. The van der Waals surface area contributed by atoms with Gasteiger partial charge in [0.15, 0.2) is 0 Å². The lowest BCUT2D eigenvalue weighted by molar-refractivity contribution is 0.0987. The largest absolute Gasteiger partial charge is 0.469 e. The number of anilines is 2. The molecule has 19 heavy (non-hydrogen) atoms. The maximum absolute atomic E-state index is 12.6. The zero-order valence-electron chi connectivity index (χ0n) is 10.8. The minimum Gasteiger partial charge on any atom is -0.469 e. The number of hydrogen-bond acceptors (Lipinski definition) is 3. The molecule has 1 aliphatic rings. The molecule has 3 rings (SSSR count). The molecule has 0 radical (unpaired) electrons. The van der Waals surface area contributed by atoms with Crippen molar-refractivity contribution in [1.82, 2.24) is 0 Å². The summed E-state index contributed by atoms with van der Waals surface area (Å²) in [5.74, 6) is 0.734. The molecule has 0 bridgehead atoms. The fraction of sp³-hybridized carbons (Fsp3) is 0.267. The number of fused-ring (bicyclic) bond motifs is 1. The third-order valence-corrected chi connectivity index (χ3v) is 3.55. The van der Waals surface area contributed by atoms with Gasteiger partial charge < -0.3 is 15.1 Å². The van der Waals surface area contributed by atoms with Gasteiger partial charge in [-0.2, -0.15) is 0 Å². The molecule has 4 nitrogen and oxygen atoms in total. The van der Waals surface area contributed by atoms with E-state index in [4.69, 9.17) is 10.2 Å². The normalized spacial score (nSPS) is 13.6. The summed E-state index contributed by atoms with van der Waals surface area (Å²) in [5, 5.41) is 0. The van der Waals surface area contributed by atoms with Crippen LogP contribution < -0.4 is 10.6 Å². The van der Waals surface area contributed by atoms with Crippen LogP contribution in [-0.2, 0) is 12.8 Å². The van der Waals surface area contributed by atoms with Gasteiger partial charge in [0.2, 0.25) is 0 Å². The number of nitrogens with zero attached hydrogens (tertiary/aromatic N) is 1. The van der Waals surface area contributed by atoms with Crippen LogP contribution in [0.4, 0.5) is 11.4 Å². The highest BCUT2D eigenvalue weighted by atomic mass is 16.3. The smallest absolute Gasteiger partial charge is 0.261 e. The number of rotatable bonds is 2. The van der Waals surface area contributed by atoms with Gasteiger partial charge in [-0.05, 0) is 30.2 Å². The number of hydrogen-bond donors (Lipinski definition) is 1. The van der Waals surface area contributed by atoms with E-state index in [-0.39, 0.29) is 5.91 Å². The standard InChI is InChI=1S/C15H16N2O2/c1-2-14-12(6-8-19-14)15(18)17-7-5-10-3-4-11(16)9-13(10)17/h3-4,6,8-9H,2,5,7,16H2,1H3. The first-order chi connectivity index (χ1) is 9.20. The average molecular weight is 256 g/mol. The molecule has 4 heteroatoms. The number of benzene rings is 1. The van der Waals surface area contributed by atoms with Gasteiger partial charge in [-0.25, -0.2) is 0 Å². The summed E-state index contributed by atoms with van der Waals surface area (Å²) in [6.45, 7) is 2.68. The van der Waals surface area contributed by atoms with Crippen LogP contribution in [0.3, 0.4) is 0 Å². The number of nitrogen functional groups attached to an aromatic ring is 1. The van der Waals surface area contributed by atoms with Gasteiger partial charge in [-0.15, -0.1) is 0 Å². The highest BCUT2D eigenvalue weighted by Crippen LogP contribution is 2.31. The summed E-state index contributed by atoms with van der Waals surface area (Å²) in [5.41, 5.74) is 9.24. The van der Waals surface area contributed by atoms with Gasteiger partial charge in [0.1, 0.15) is 5.76 Å². The van der Waals surface area contributed by atoms with Crippen molar-refractivity contribution in [1.29, 1.82) is 0 Å². The second kappa shape index (κ2) is 4.46. The first-order valence-corrected chi connectivity index (χ1v) is 6.47. The van der Waals surface area contributed by atoms with Crippen LogP contribution in [0.15, 0.2) is 34.9 Å². The second-order valence-corrected chi connectivity index (χ2v) is 4.71. The Balaban J connectivity index is 1.97. The number of nitrogens with two attached hydrogens (primary N) is 1.